The second-order valence-electron chi connectivity index (χ2n) is 6.60. The first-order valence-electron chi connectivity index (χ1n) is 9.04. The number of anilines is 1. The minimum absolute atomic E-state index is 0.0188. The van der Waals surface area contributed by atoms with E-state index >= 15 is 0 Å². The van der Waals surface area contributed by atoms with Crippen molar-refractivity contribution in [1.82, 2.24) is 5.16 Å². The van der Waals surface area contributed by atoms with Gasteiger partial charge in [0.2, 0.25) is 0 Å². The number of hydrogen-bond donors (Lipinski definition) is 0. The molecule has 0 radical (unpaired) electrons. The van der Waals surface area contributed by atoms with Crippen molar-refractivity contribution in [3.05, 3.63) is 39.7 Å². The lowest BCUT2D eigenvalue weighted by atomic mass is 9.99. The lowest BCUT2D eigenvalue weighted by molar-refractivity contribution is -0.153. The highest BCUT2D eigenvalue weighted by atomic mass is 79.9. The fourth-order valence-electron chi connectivity index (χ4n) is 2.98. The first-order valence-corrected chi connectivity index (χ1v) is 9.84. The summed E-state index contributed by atoms with van der Waals surface area (Å²) >= 11 is 3.15. The van der Waals surface area contributed by atoms with Gasteiger partial charge in [-0.2, -0.15) is 13.2 Å². The van der Waals surface area contributed by atoms with Gasteiger partial charge in [-0.05, 0) is 47.8 Å². The van der Waals surface area contributed by atoms with Crippen molar-refractivity contribution in [1.29, 1.82) is 0 Å². The van der Waals surface area contributed by atoms with Crippen molar-refractivity contribution < 1.29 is 36.8 Å². The molecule has 0 bridgehead atoms. The van der Waals surface area contributed by atoms with E-state index in [4.69, 9.17) is 14.0 Å². The number of carbonyl (C=O) groups is 2. The molecule has 0 atom stereocenters. The molecule has 1 aromatic heterocycles. The Bertz CT molecular complexity index is 956. The topological polar surface area (TPSA) is 81.9 Å². The van der Waals surface area contributed by atoms with Crippen LogP contribution in [0.3, 0.4) is 0 Å². The van der Waals surface area contributed by atoms with Crippen molar-refractivity contribution in [2.45, 2.75) is 31.9 Å². The Morgan fingerprint density at radius 3 is 2.57 bits per heavy atom. The molecule has 1 saturated carbocycles. The molecule has 162 valence electrons. The molecule has 30 heavy (non-hydrogen) atoms. The van der Waals surface area contributed by atoms with E-state index in [0.717, 1.165) is 24.9 Å². The average Bonchev–Trinajstić information content (AvgIpc) is 3.43. The number of amides is 1. The van der Waals surface area contributed by atoms with E-state index in [1.165, 1.54) is 18.3 Å². The first kappa shape index (κ1) is 22.1. The number of halogens is 4. The van der Waals surface area contributed by atoms with Gasteiger partial charge in [0, 0.05) is 12.5 Å². The number of ketones is 1. The zero-order valence-electron chi connectivity index (χ0n) is 16.1. The molecule has 7 nitrogen and oxygen atoms in total. The Morgan fingerprint density at radius 1 is 1.30 bits per heavy atom. The standard InChI is InChI=1S/C19H18BrF3N2O5/c1-3-25(18(27)28-2)14-11(6-7-13(20)17(14)29-9-19(21,22)23)15(26)12-8-24-30-16(12)10-4-5-10/h6-8,10H,3-5,9H2,1-2H3. The smallest absolute Gasteiger partial charge is 0.422 e. The first-order chi connectivity index (χ1) is 14.2. The fourth-order valence-corrected chi connectivity index (χ4v) is 3.42. The molecule has 11 heteroatoms. The van der Waals surface area contributed by atoms with Crippen LogP contribution in [0.5, 0.6) is 5.75 Å². The minimum atomic E-state index is -4.62. The van der Waals surface area contributed by atoms with Crippen LogP contribution in [0.2, 0.25) is 0 Å². The molecular formula is C19H18BrF3N2O5. The Balaban J connectivity index is 2.14. The summed E-state index contributed by atoms with van der Waals surface area (Å²) in [6, 6.07) is 2.79. The Morgan fingerprint density at radius 2 is 2.00 bits per heavy atom. The van der Waals surface area contributed by atoms with Gasteiger partial charge in [-0.25, -0.2) is 4.79 Å². The van der Waals surface area contributed by atoms with E-state index in [0.29, 0.717) is 5.76 Å². The Hall–Kier alpha value is -2.56. The number of rotatable bonds is 7. The molecule has 0 spiro atoms. The number of ether oxygens (including phenoxy) is 2. The third-order valence-corrected chi connectivity index (χ3v) is 5.10. The predicted molar refractivity (Wildman–Crippen MR) is 103 cm³/mol. The summed E-state index contributed by atoms with van der Waals surface area (Å²) in [6.45, 7) is 0.00904. The quantitative estimate of drug-likeness (QED) is 0.503. The highest BCUT2D eigenvalue weighted by Crippen LogP contribution is 2.44. The number of carbonyl (C=O) groups excluding carboxylic acids is 2. The normalized spacial score (nSPS) is 13.8. The van der Waals surface area contributed by atoms with Crippen LogP contribution in [0.25, 0.3) is 0 Å². The zero-order valence-corrected chi connectivity index (χ0v) is 17.7. The number of aromatic nitrogens is 1. The summed E-state index contributed by atoms with van der Waals surface area (Å²) in [6.07, 6.45) is -2.49. The lowest BCUT2D eigenvalue weighted by Gasteiger charge is -2.25. The van der Waals surface area contributed by atoms with E-state index in [-0.39, 0.29) is 39.5 Å². The van der Waals surface area contributed by atoms with Gasteiger partial charge in [-0.15, -0.1) is 0 Å². The van der Waals surface area contributed by atoms with Gasteiger partial charge in [-0.1, -0.05) is 5.16 Å². The van der Waals surface area contributed by atoms with Gasteiger partial charge in [0.25, 0.3) is 0 Å². The summed E-state index contributed by atoms with van der Waals surface area (Å²) in [5, 5.41) is 3.69. The molecule has 1 amide bonds. The van der Waals surface area contributed by atoms with Crippen molar-refractivity contribution in [3.8, 4) is 5.75 Å². The maximum Gasteiger partial charge on any atom is 0.422 e. The third kappa shape index (κ3) is 4.61. The second-order valence-corrected chi connectivity index (χ2v) is 7.45. The zero-order chi connectivity index (χ0) is 22.1. The molecule has 3 rings (SSSR count). The van der Waals surface area contributed by atoms with Gasteiger partial charge in [0.05, 0.1) is 28.9 Å². The predicted octanol–water partition coefficient (Wildman–Crippen LogP) is 5.08. The second kappa shape index (κ2) is 8.66. The van der Waals surface area contributed by atoms with Gasteiger partial charge < -0.3 is 14.0 Å². The van der Waals surface area contributed by atoms with Gasteiger partial charge >= 0.3 is 12.3 Å². The molecule has 1 aliphatic carbocycles. The van der Waals surface area contributed by atoms with Gasteiger partial charge in [0.15, 0.2) is 23.9 Å². The average molecular weight is 491 g/mol. The van der Waals surface area contributed by atoms with Crippen LogP contribution < -0.4 is 9.64 Å². The van der Waals surface area contributed by atoms with E-state index in [2.05, 4.69) is 21.1 Å². The molecular weight excluding hydrogens is 473 g/mol. The monoisotopic (exact) mass is 490 g/mol. The van der Waals surface area contributed by atoms with E-state index < -0.39 is 24.7 Å². The van der Waals surface area contributed by atoms with Crippen LogP contribution in [-0.4, -0.2) is 43.5 Å². The summed E-state index contributed by atoms with van der Waals surface area (Å²) in [5.74, 6) is -0.336. The summed E-state index contributed by atoms with van der Waals surface area (Å²) < 4.78 is 53.5. The molecule has 0 saturated heterocycles. The molecule has 0 aliphatic heterocycles. The molecule has 0 N–H and O–H groups in total. The number of methoxy groups -OCH3 is 1. The van der Waals surface area contributed by atoms with Crippen LogP contribution in [0.4, 0.5) is 23.7 Å². The molecule has 1 heterocycles. The van der Waals surface area contributed by atoms with Gasteiger partial charge in [-0.3, -0.25) is 9.69 Å². The maximum absolute atomic E-state index is 13.3. The van der Waals surface area contributed by atoms with E-state index in [1.807, 2.05) is 0 Å². The highest BCUT2D eigenvalue weighted by molar-refractivity contribution is 9.10. The molecule has 1 aromatic carbocycles. The van der Waals surface area contributed by atoms with E-state index in [1.54, 1.807) is 6.92 Å². The van der Waals surface area contributed by atoms with Crippen molar-refractivity contribution in [2.24, 2.45) is 0 Å². The highest BCUT2D eigenvalue weighted by Gasteiger charge is 2.36. The largest absolute Gasteiger partial charge is 0.481 e. The summed E-state index contributed by atoms with van der Waals surface area (Å²) in [4.78, 5) is 26.7. The van der Waals surface area contributed by atoms with Crippen LogP contribution in [0, 0.1) is 0 Å². The van der Waals surface area contributed by atoms with Gasteiger partial charge in [0.1, 0.15) is 5.69 Å². The van der Waals surface area contributed by atoms with E-state index in [9.17, 15) is 22.8 Å². The summed E-state index contributed by atoms with van der Waals surface area (Å²) in [5.41, 5.74) is 0.0346. The molecule has 1 fully saturated rings. The van der Waals surface area contributed by atoms with Crippen LogP contribution in [0.1, 0.15) is 47.4 Å². The lowest BCUT2D eigenvalue weighted by Crippen LogP contribution is -2.33. The minimum Gasteiger partial charge on any atom is -0.481 e. The third-order valence-electron chi connectivity index (χ3n) is 4.48. The molecule has 0 unspecified atom stereocenters. The maximum atomic E-state index is 13.3. The van der Waals surface area contributed by atoms with Crippen LogP contribution in [0.15, 0.2) is 27.3 Å². The number of alkyl halides is 3. The fraction of sp³-hybridized carbons (Fsp3) is 0.421. The van der Waals surface area contributed by atoms with Crippen LogP contribution >= 0.6 is 15.9 Å². The number of benzene rings is 1. The SMILES string of the molecule is CCN(C(=O)OC)c1c(C(=O)c2cnoc2C2CC2)ccc(Br)c1OCC(F)(F)F. The number of hydrogen-bond acceptors (Lipinski definition) is 6. The van der Waals surface area contributed by atoms with Crippen molar-refractivity contribution in [2.75, 3.05) is 25.2 Å². The van der Waals surface area contributed by atoms with Crippen molar-refractivity contribution in [3.63, 3.8) is 0 Å². The number of nitrogens with zero attached hydrogens (tertiary/aromatic N) is 2. The molecule has 2 aromatic rings. The Kier molecular flexibility index (Phi) is 6.39. The Labute approximate surface area is 178 Å². The molecule has 1 aliphatic rings. The van der Waals surface area contributed by atoms with Crippen molar-refractivity contribution >= 4 is 33.5 Å². The van der Waals surface area contributed by atoms with Crippen LogP contribution in [-0.2, 0) is 4.74 Å². The summed E-state index contributed by atoms with van der Waals surface area (Å²) in [7, 11) is 1.13.